The maximum atomic E-state index is 12.3. The van der Waals surface area contributed by atoms with Gasteiger partial charge in [0.15, 0.2) is 5.65 Å². The number of fused-ring (bicyclic) bond motifs is 1. The fraction of sp³-hybridized carbons (Fsp3) is 0.353. The maximum absolute atomic E-state index is 12.3. The normalized spacial score (nSPS) is 11.7. The molecule has 2 heterocycles. The monoisotopic (exact) mass is 405 g/mol. The van der Waals surface area contributed by atoms with Crippen molar-refractivity contribution in [3.05, 3.63) is 44.8 Å². The van der Waals surface area contributed by atoms with E-state index in [1.54, 1.807) is 18.0 Å². The summed E-state index contributed by atoms with van der Waals surface area (Å²) in [5.41, 5.74) is 1.01. The van der Waals surface area contributed by atoms with E-state index in [1.165, 1.54) is 0 Å². The Morgan fingerprint density at radius 1 is 1.36 bits per heavy atom. The molecule has 2 N–H and O–H groups in total. The molecule has 0 aliphatic heterocycles. The molecule has 1 aromatic carbocycles. The van der Waals surface area contributed by atoms with Crippen LogP contribution in [-0.4, -0.2) is 26.9 Å². The lowest BCUT2D eigenvalue weighted by atomic mass is 10.1. The lowest BCUT2D eigenvalue weighted by Crippen LogP contribution is -2.24. The summed E-state index contributed by atoms with van der Waals surface area (Å²) in [6.45, 7) is 6.51. The van der Waals surface area contributed by atoms with Gasteiger partial charge in [-0.1, -0.05) is 15.9 Å². The number of ether oxygens (including phenoxy) is 1. The van der Waals surface area contributed by atoms with Gasteiger partial charge < -0.3 is 10.1 Å². The number of methoxy groups -OCH3 is 1. The molecule has 3 rings (SSSR count). The number of nitrogens with zero attached hydrogens (tertiary/aromatic N) is 3. The first kappa shape index (κ1) is 17.5. The number of aromatic nitrogens is 4. The second kappa shape index (κ2) is 6.51. The second-order valence-corrected chi connectivity index (χ2v) is 7.60. The predicted molar refractivity (Wildman–Crippen MR) is 101 cm³/mol. The Hall–Kier alpha value is -2.35. The van der Waals surface area contributed by atoms with Crippen molar-refractivity contribution in [1.29, 1.82) is 0 Å². The Labute approximate surface area is 153 Å². The smallest absolute Gasteiger partial charge is 0.263 e. The molecule has 8 heteroatoms. The van der Waals surface area contributed by atoms with Crippen molar-refractivity contribution in [3.63, 3.8) is 0 Å². The van der Waals surface area contributed by atoms with Crippen molar-refractivity contribution in [2.24, 2.45) is 0 Å². The molecular weight excluding hydrogens is 386 g/mol. The van der Waals surface area contributed by atoms with E-state index in [0.29, 0.717) is 23.5 Å². The summed E-state index contributed by atoms with van der Waals surface area (Å²) in [7, 11) is 1.63. The number of benzene rings is 1. The van der Waals surface area contributed by atoms with Crippen LogP contribution < -0.4 is 15.6 Å². The SMILES string of the molecule is COc1ccc(Br)cc1CNc1nc2c(cnn2C(C)(C)C)c(=O)[nH]1. The molecule has 0 unspecified atom stereocenters. The van der Waals surface area contributed by atoms with Gasteiger partial charge in [0.25, 0.3) is 5.56 Å². The van der Waals surface area contributed by atoms with Gasteiger partial charge in [-0.3, -0.25) is 9.78 Å². The van der Waals surface area contributed by atoms with Crippen molar-refractivity contribution < 1.29 is 4.74 Å². The second-order valence-electron chi connectivity index (χ2n) is 6.69. The van der Waals surface area contributed by atoms with Crippen molar-refractivity contribution >= 4 is 32.9 Å². The molecule has 0 amide bonds. The Morgan fingerprint density at radius 2 is 2.12 bits per heavy atom. The summed E-state index contributed by atoms with van der Waals surface area (Å²) in [4.78, 5) is 19.6. The van der Waals surface area contributed by atoms with E-state index in [2.05, 4.69) is 36.3 Å². The van der Waals surface area contributed by atoms with Crippen molar-refractivity contribution in [3.8, 4) is 5.75 Å². The molecule has 3 aromatic rings. The molecule has 0 bridgehead atoms. The summed E-state index contributed by atoms with van der Waals surface area (Å²) < 4.78 is 8.07. The van der Waals surface area contributed by atoms with E-state index in [9.17, 15) is 4.79 Å². The zero-order valence-electron chi connectivity index (χ0n) is 14.6. The number of H-pyrrole nitrogens is 1. The molecule has 0 atom stereocenters. The fourth-order valence-corrected chi connectivity index (χ4v) is 2.97. The highest BCUT2D eigenvalue weighted by Gasteiger charge is 2.19. The van der Waals surface area contributed by atoms with Crippen LogP contribution in [-0.2, 0) is 12.1 Å². The standard InChI is InChI=1S/C17H20BrN5O2/c1-17(2,3)23-14-12(9-20-23)15(24)22-16(21-14)19-8-10-7-11(18)5-6-13(10)25-4/h5-7,9H,8H2,1-4H3,(H2,19,21,22,24). The largest absolute Gasteiger partial charge is 0.496 e. The van der Waals surface area contributed by atoms with Crippen molar-refractivity contribution in [1.82, 2.24) is 19.7 Å². The lowest BCUT2D eigenvalue weighted by molar-refractivity contribution is 0.366. The number of halogens is 1. The Bertz CT molecular complexity index is 971. The fourth-order valence-electron chi connectivity index (χ4n) is 2.56. The number of rotatable bonds is 4. The summed E-state index contributed by atoms with van der Waals surface area (Å²) in [5, 5.41) is 7.93. The Morgan fingerprint density at radius 3 is 2.80 bits per heavy atom. The van der Waals surface area contributed by atoms with Gasteiger partial charge in [-0.25, -0.2) is 4.68 Å². The van der Waals surface area contributed by atoms with Gasteiger partial charge in [0, 0.05) is 16.6 Å². The van der Waals surface area contributed by atoms with Gasteiger partial charge in [0.05, 0.1) is 18.8 Å². The summed E-state index contributed by atoms with van der Waals surface area (Å²) in [5.74, 6) is 1.16. The van der Waals surface area contributed by atoms with Gasteiger partial charge in [-0.2, -0.15) is 10.1 Å². The van der Waals surface area contributed by atoms with Crippen LogP contribution in [0.3, 0.4) is 0 Å². The Kier molecular flexibility index (Phi) is 4.55. The van der Waals surface area contributed by atoms with Gasteiger partial charge >= 0.3 is 0 Å². The average molecular weight is 406 g/mol. The number of hydrogen-bond acceptors (Lipinski definition) is 5. The lowest BCUT2D eigenvalue weighted by Gasteiger charge is -2.19. The van der Waals surface area contributed by atoms with E-state index in [-0.39, 0.29) is 11.1 Å². The van der Waals surface area contributed by atoms with E-state index in [1.807, 2.05) is 39.0 Å². The molecular formula is C17H20BrN5O2. The molecule has 7 nitrogen and oxygen atoms in total. The van der Waals surface area contributed by atoms with Crippen LogP contribution in [0.15, 0.2) is 33.7 Å². The quantitative estimate of drug-likeness (QED) is 0.695. The molecule has 0 saturated heterocycles. The number of aromatic amines is 1. The zero-order chi connectivity index (χ0) is 18.2. The third kappa shape index (κ3) is 3.53. The highest BCUT2D eigenvalue weighted by Crippen LogP contribution is 2.24. The van der Waals surface area contributed by atoms with Crippen LogP contribution in [0.4, 0.5) is 5.95 Å². The van der Waals surface area contributed by atoms with Crippen LogP contribution in [0, 0.1) is 0 Å². The molecule has 0 radical (unpaired) electrons. The zero-order valence-corrected chi connectivity index (χ0v) is 16.1. The summed E-state index contributed by atoms with van der Waals surface area (Å²) in [6.07, 6.45) is 1.55. The molecule has 0 fully saturated rings. The third-order valence-electron chi connectivity index (χ3n) is 3.76. The van der Waals surface area contributed by atoms with Crippen LogP contribution in [0.5, 0.6) is 5.75 Å². The van der Waals surface area contributed by atoms with Crippen molar-refractivity contribution in [2.75, 3.05) is 12.4 Å². The number of hydrogen-bond donors (Lipinski definition) is 2. The molecule has 25 heavy (non-hydrogen) atoms. The average Bonchev–Trinajstić information content (AvgIpc) is 2.98. The molecule has 0 saturated carbocycles. The topological polar surface area (TPSA) is 84.8 Å². The van der Waals surface area contributed by atoms with E-state index in [0.717, 1.165) is 15.8 Å². The van der Waals surface area contributed by atoms with Gasteiger partial charge in [-0.15, -0.1) is 0 Å². The minimum absolute atomic E-state index is 0.218. The van der Waals surface area contributed by atoms with Crippen LogP contribution in [0.1, 0.15) is 26.3 Å². The Balaban J connectivity index is 1.95. The first-order chi connectivity index (χ1) is 11.8. The van der Waals surface area contributed by atoms with E-state index >= 15 is 0 Å². The predicted octanol–water partition coefficient (Wildman–Crippen LogP) is 3.26. The number of nitrogens with one attached hydrogen (secondary N) is 2. The highest BCUT2D eigenvalue weighted by molar-refractivity contribution is 9.10. The summed E-state index contributed by atoms with van der Waals surface area (Å²) in [6, 6.07) is 5.76. The van der Waals surface area contributed by atoms with Gasteiger partial charge in [0.2, 0.25) is 5.95 Å². The van der Waals surface area contributed by atoms with E-state index in [4.69, 9.17) is 4.74 Å². The van der Waals surface area contributed by atoms with Crippen LogP contribution in [0.25, 0.3) is 11.0 Å². The molecule has 0 aliphatic rings. The highest BCUT2D eigenvalue weighted by atomic mass is 79.9. The first-order valence-corrected chi connectivity index (χ1v) is 8.63. The molecule has 0 spiro atoms. The summed E-state index contributed by atoms with van der Waals surface area (Å²) >= 11 is 3.45. The maximum Gasteiger partial charge on any atom is 0.263 e. The van der Waals surface area contributed by atoms with Crippen LogP contribution in [0.2, 0.25) is 0 Å². The van der Waals surface area contributed by atoms with Gasteiger partial charge in [-0.05, 0) is 39.0 Å². The molecule has 132 valence electrons. The van der Waals surface area contributed by atoms with Crippen molar-refractivity contribution in [2.45, 2.75) is 32.9 Å². The minimum Gasteiger partial charge on any atom is -0.496 e. The third-order valence-corrected chi connectivity index (χ3v) is 4.26. The van der Waals surface area contributed by atoms with Gasteiger partial charge in [0.1, 0.15) is 11.1 Å². The molecule has 2 aromatic heterocycles. The van der Waals surface area contributed by atoms with E-state index < -0.39 is 0 Å². The molecule has 0 aliphatic carbocycles. The van der Waals surface area contributed by atoms with Crippen LogP contribution >= 0.6 is 15.9 Å². The minimum atomic E-state index is -0.271. The number of anilines is 1. The first-order valence-electron chi connectivity index (χ1n) is 7.84.